The smallest absolute Gasteiger partial charge is 0.161 e. The molecule has 0 amide bonds. The summed E-state index contributed by atoms with van der Waals surface area (Å²) in [4.78, 5) is 4.51. The first-order valence-corrected chi connectivity index (χ1v) is 10.3. The molecule has 0 aliphatic carbocycles. The first kappa shape index (κ1) is 22.9. The lowest BCUT2D eigenvalue weighted by atomic mass is 9.81. The molecule has 6 nitrogen and oxygen atoms in total. The molecular weight excluding hydrogens is 356 g/mol. The standard InChI is InChI=1S/C22H38N2O4/c1-17(2)23(4)14-19(26)15-28-20-7-6-18(12-21(20)27-5)13-24-10-8-22(3,16-25)9-11-24/h6-7,12,17,19,25-26H,8-11,13-16H2,1-5H3/t19-/m1/s1. The van der Waals surface area contributed by atoms with Crippen LogP contribution in [0.2, 0.25) is 0 Å². The summed E-state index contributed by atoms with van der Waals surface area (Å²) in [6.07, 6.45) is 1.49. The van der Waals surface area contributed by atoms with Gasteiger partial charge in [-0.15, -0.1) is 0 Å². The van der Waals surface area contributed by atoms with Gasteiger partial charge in [-0.3, -0.25) is 4.90 Å². The number of hydrogen-bond donors (Lipinski definition) is 2. The summed E-state index contributed by atoms with van der Waals surface area (Å²) in [6.45, 7) is 10.3. The van der Waals surface area contributed by atoms with Crippen molar-refractivity contribution in [3.8, 4) is 11.5 Å². The van der Waals surface area contributed by atoms with Gasteiger partial charge in [-0.1, -0.05) is 13.0 Å². The molecule has 1 aliphatic rings. The number of rotatable bonds is 10. The van der Waals surface area contributed by atoms with Gasteiger partial charge in [-0.25, -0.2) is 0 Å². The van der Waals surface area contributed by atoms with Gasteiger partial charge in [0.1, 0.15) is 12.7 Å². The Hall–Kier alpha value is -1.34. The van der Waals surface area contributed by atoms with Gasteiger partial charge in [0.15, 0.2) is 11.5 Å². The lowest BCUT2D eigenvalue weighted by molar-refractivity contribution is 0.0556. The van der Waals surface area contributed by atoms with Gasteiger partial charge in [-0.2, -0.15) is 0 Å². The Kier molecular flexibility index (Phi) is 8.56. The van der Waals surface area contributed by atoms with Gasteiger partial charge in [0.2, 0.25) is 0 Å². The second kappa shape index (κ2) is 10.4. The average molecular weight is 395 g/mol. The maximum absolute atomic E-state index is 10.2. The molecule has 1 fully saturated rings. The minimum Gasteiger partial charge on any atom is -0.493 e. The third-order valence-electron chi connectivity index (χ3n) is 5.89. The monoisotopic (exact) mass is 394 g/mol. The zero-order valence-electron chi connectivity index (χ0n) is 18.1. The van der Waals surface area contributed by atoms with Gasteiger partial charge in [0.05, 0.1) is 7.11 Å². The number of likely N-dealkylation sites (N-methyl/N-ethyl adjacent to an activating group) is 1. The molecule has 28 heavy (non-hydrogen) atoms. The van der Waals surface area contributed by atoms with Crippen LogP contribution in [0.4, 0.5) is 0 Å². The fourth-order valence-corrected chi connectivity index (χ4v) is 3.38. The SMILES string of the molecule is COc1cc(CN2CCC(C)(CO)CC2)ccc1OC[C@H](O)CN(C)C(C)C. The number of likely N-dealkylation sites (tertiary alicyclic amines) is 1. The third-order valence-corrected chi connectivity index (χ3v) is 5.89. The van der Waals surface area contributed by atoms with Gasteiger partial charge < -0.3 is 24.6 Å². The summed E-state index contributed by atoms with van der Waals surface area (Å²) in [7, 11) is 3.63. The minimum atomic E-state index is -0.550. The van der Waals surface area contributed by atoms with Gasteiger partial charge in [-0.05, 0) is 69.9 Å². The molecule has 1 saturated heterocycles. The topological polar surface area (TPSA) is 65.4 Å². The highest BCUT2D eigenvalue weighted by atomic mass is 16.5. The lowest BCUT2D eigenvalue weighted by Crippen LogP contribution is -2.39. The molecule has 1 heterocycles. The third kappa shape index (κ3) is 6.62. The zero-order chi connectivity index (χ0) is 20.7. The molecule has 1 aliphatic heterocycles. The largest absolute Gasteiger partial charge is 0.493 e. The second-order valence-corrected chi connectivity index (χ2v) is 8.73. The van der Waals surface area contributed by atoms with Crippen LogP contribution in [0, 0.1) is 5.41 Å². The van der Waals surface area contributed by atoms with E-state index in [1.54, 1.807) is 7.11 Å². The highest BCUT2D eigenvalue weighted by Crippen LogP contribution is 2.32. The van der Waals surface area contributed by atoms with Crippen molar-refractivity contribution in [3.63, 3.8) is 0 Å². The molecule has 0 unspecified atom stereocenters. The maximum atomic E-state index is 10.2. The van der Waals surface area contributed by atoms with E-state index in [0.717, 1.165) is 32.5 Å². The molecule has 0 radical (unpaired) electrons. The normalized spacial score (nSPS) is 18.5. The highest BCUT2D eigenvalue weighted by Gasteiger charge is 2.29. The van der Waals surface area contributed by atoms with Crippen LogP contribution >= 0.6 is 0 Å². The van der Waals surface area contributed by atoms with Crippen LogP contribution in [0.25, 0.3) is 0 Å². The molecule has 0 bridgehead atoms. The summed E-state index contributed by atoms with van der Waals surface area (Å²) in [6, 6.07) is 6.38. The van der Waals surface area contributed by atoms with E-state index in [9.17, 15) is 10.2 Å². The lowest BCUT2D eigenvalue weighted by Gasteiger charge is -2.38. The fourth-order valence-electron chi connectivity index (χ4n) is 3.38. The van der Waals surface area contributed by atoms with Crippen LogP contribution in [0.3, 0.4) is 0 Å². The Morgan fingerprint density at radius 2 is 1.89 bits per heavy atom. The number of methoxy groups -OCH3 is 1. The fraction of sp³-hybridized carbons (Fsp3) is 0.727. The van der Waals surface area contributed by atoms with Crippen molar-refractivity contribution < 1.29 is 19.7 Å². The number of benzene rings is 1. The van der Waals surface area contributed by atoms with Crippen molar-refractivity contribution in [3.05, 3.63) is 23.8 Å². The van der Waals surface area contributed by atoms with Crippen molar-refractivity contribution in [2.45, 2.75) is 52.3 Å². The number of ether oxygens (including phenoxy) is 2. The average Bonchev–Trinajstić information content (AvgIpc) is 2.68. The molecule has 1 atom stereocenters. The molecule has 0 aromatic heterocycles. The summed E-state index contributed by atoms with van der Waals surface area (Å²) < 4.78 is 11.3. The number of piperidine rings is 1. The van der Waals surface area contributed by atoms with E-state index in [2.05, 4.69) is 36.6 Å². The van der Waals surface area contributed by atoms with Gasteiger partial charge in [0, 0.05) is 25.7 Å². The Bertz CT molecular complexity index is 600. The molecule has 0 spiro atoms. The van der Waals surface area contributed by atoms with Gasteiger partial charge in [0.25, 0.3) is 0 Å². The van der Waals surface area contributed by atoms with Crippen LogP contribution in [0.15, 0.2) is 18.2 Å². The molecule has 6 heteroatoms. The molecule has 2 N–H and O–H groups in total. The number of aliphatic hydroxyl groups excluding tert-OH is 2. The number of aliphatic hydroxyl groups is 2. The van der Waals surface area contributed by atoms with Crippen molar-refractivity contribution in [2.75, 3.05) is 47.0 Å². The number of hydrogen-bond acceptors (Lipinski definition) is 6. The number of nitrogens with zero attached hydrogens (tertiary/aromatic N) is 2. The van der Waals surface area contributed by atoms with E-state index in [1.807, 2.05) is 19.2 Å². The van der Waals surface area contributed by atoms with Crippen LogP contribution in [-0.2, 0) is 6.54 Å². The Morgan fingerprint density at radius 1 is 1.21 bits per heavy atom. The van der Waals surface area contributed by atoms with E-state index in [0.29, 0.717) is 24.1 Å². The summed E-state index contributed by atoms with van der Waals surface area (Å²) in [5.41, 5.74) is 1.24. The van der Waals surface area contributed by atoms with Crippen LogP contribution in [-0.4, -0.2) is 79.2 Å². The highest BCUT2D eigenvalue weighted by molar-refractivity contribution is 5.43. The summed E-state index contributed by atoms with van der Waals surface area (Å²) in [5, 5.41) is 19.7. The predicted molar refractivity (Wildman–Crippen MR) is 112 cm³/mol. The minimum absolute atomic E-state index is 0.0658. The first-order valence-electron chi connectivity index (χ1n) is 10.3. The molecule has 2 rings (SSSR count). The molecule has 1 aromatic rings. The van der Waals surface area contributed by atoms with Crippen LogP contribution in [0.1, 0.15) is 39.2 Å². The van der Waals surface area contributed by atoms with E-state index in [4.69, 9.17) is 9.47 Å². The first-order chi connectivity index (χ1) is 13.3. The van der Waals surface area contributed by atoms with E-state index >= 15 is 0 Å². The predicted octanol–water partition coefficient (Wildman–Crippen LogP) is 2.37. The Balaban J connectivity index is 1.89. The van der Waals surface area contributed by atoms with Crippen molar-refractivity contribution in [1.82, 2.24) is 9.80 Å². The summed E-state index contributed by atoms with van der Waals surface area (Å²) >= 11 is 0. The Morgan fingerprint density at radius 3 is 2.46 bits per heavy atom. The van der Waals surface area contributed by atoms with Crippen molar-refractivity contribution in [2.24, 2.45) is 5.41 Å². The maximum Gasteiger partial charge on any atom is 0.161 e. The van der Waals surface area contributed by atoms with Crippen LogP contribution in [0.5, 0.6) is 11.5 Å². The molecule has 160 valence electrons. The molecule has 1 aromatic carbocycles. The molecular formula is C22H38N2O4. The van der Waals surface area contributed by atoms with E-state index < -0.39 is 6.10 Å². The quantitative estimate of drug-likeness (QED) is 0.635. The summed E-state index contributed by atoms with van der Waals surface area (Å²) in [5.74, 6) is 1.35. The van der Waals surface area contributed by atoms with Gasteiger partial charge >= 0.3 is 0 Å². The van der Waals surface area contributed by atoms with E-state index in [1.165, 1.54) is 5.56 Å². The van der Waals surface area contributed by atoms with Crippen molar-refractivity contribution >= 4 is 0 Å². The second-order valence-electron chi connectivity index (χ2n) is 8.73. The Labute approximate surface area is 170 Å². The molecule has 0 saturated carbocycles. The van der Waals surface area contributed by atoms with E-state index in [-0.39, 0.29) is 18.6 Å². The zero-order valence-corrected chi connectivity index (χ0v) is 18.1. The van der Waals surface area contributed by atoms with Crippen molar-refractivity contribution in [1.29, 1.82) is 0 Å². The van der Waals surface area contributed by atoms with Crippen LogP contribution < -0.4 is 9.47 Å².